The van der Waals surface area contributed by atoms with Crippen LogP contribution in [0.4, 0.5) is 0 Å². The molecule has 0 saturated carbocycles. The van der Waals surface area contributed by atoms with Crippen LogP contribution in [0.25, 0.3) is 0 Å². The smallest absolute Gasteiger partial charge is 0.0897 e. The number of rotatable bonds is 0. The van der Waals surface area contributed by atoms with E-state index >= 15 is 0 Å². The fourth-order valence-corrected chi connectivity index (χ4v) is 1.06. The lowest BCUT2D eigenvalue weighted by molar-refractivity contribution is 1.20. The van der Waals surface area contributed by atoms with Crippen LogP contribution in [0.1, 0.15) is 10.7 Å². The number of aromatic nitrogens is 1. The zero-order valence-electron chi connectivity index (χ0n) is 7.03. The zero-order chi connectivity index (χ0) is 8.69. The molecule has 0 unspecified atom stereocenters. The maximum absolute atomic E-state index is 4.74. The molecule has 0 aliphatic carbocycles. The minimum absolute atomic E-state index is 1.13. The molecule has 0 amide bonds. The lowest BCUT2D eigenvalue weighted by Crippen LogP contribution is -1.84. The minimum atomic E-state index is 1.13. The molecule has 1 rings (SSSR count). The monoisotopic (exact) mass is 171 g/mol. The minimum Gasteiger partial charge on any atom is -0.390 e. The van der Waals surface area contributed by atoms with Gasteiger partial charge in [0.2, 0.25) is 0 Å². The highest BCUT2D eigenvalue weighted by Gasteiger charge is 1.85. The van der Waals surface area contributed by atoms with E-state index in [0.717, 1.165) is 10.7 Å². The predicted octanol–water partition coefficient (Wildman–Crippen LogP) is 1.36. The summed E-state index contributed by atoms with van der Waals surface area (Å²) in [6.07, 6.45) is 1.25. The maximum Gasteiger partial charge on any atom is 0.0897 e. The summed E-state index contributed by atoms with van der Waals surface area (Å²) in [5.41, 5.74) is 5.86. The van der Waals surface area contributed by atoms with Gasteiger partial charge in [0.1, 0.15) is 0 Å². The van der Waals surface area contributed by atoms with Crippen molar-refractivity contribution in [2.45, 2.75) is 13.8 Å². The topological polar surface area (TPSA) is 51.3 Å². The van der Waals surface area contributed by atoms with Gasteiger partial charge in [0.25, 0.3) is 0 Å². The van der Waals surface area contributed by atoms with Crippen LogP contribution >= 0.6 is 11.3 Å². The molecule has 0 aliphatic rings. The number of hydrogen-bond acceptors (Lipinski definition) is 3. The SMILES string of the molecule is CN=CN.Cc1csc(C)n1. The molecule has 3 nitrogen and oxygen atoms in total. The van der Waals surface area contributed by atoms with Crippen LogP contribution in [-0.2, 0) is 0 Å². The second-order valence-electron chi connectivity index (χ2n) is 1.92. The normalized spacial score (nSPS) is 9.36. The van der Waals surface area contributed by atoms with E-state index in [1.54, 1.807) is 18.4 Å². The fourth-order valence-electron chi connectivity index (χ4n) is 0.472. The van der Waals surface area contributed by atoms with Gasteiger partial charge < -0.3 is 5.73 Å². The molecular weight excluding hydrogens is 158 g/mol. The number of hydrogen-bond donors (Lipinski definition) is 1. The van der Waals surface area contributed by atoms with Crippen molar-refractivity contribution >= 4 is 17.7 Å². The van der Waals surface area contributed by atoms with Crippen LogP contribution in [-0.4, -0.2) is 18.4 Å². The first-order valence-corrected chi connectivity index (χ1v) is 4.09. The Morgan fingerprint density at radius 1 is 1.64 bits per heavy atom. The van der Waals surface area contributed by atoms with Gasteiger partial charge in [-0.15, -0.1) is 11.3 Å². The van der Waals surface area contributed by atoms with Crippen molar-refractivity contribution in [1.82, 2.24) is 4.98 Å². The van der Waals surface area contributed by atoms with Crippen molar-refractivity contribution in [2.75, 3.05) is 7.05 Å². The second-order valence-corrected chi connectivity index (χ2v) is 2.98. The molecule has 0 atom stereocenters. The van der Waals surface area contributed by atoms with Crippen LogP contribution in [0, 0.1) is 13.8 Å². The third-order valence-corrected chi connectivity index (χ3v) is 1.77. The molecule has 1 aromatic rings. The first kappa shape index (κ1) is 10.1. The molecular formula is C7H13N3S. The quantitative estimate of drug-likeness (QED) is 0.473. The molecule has 0 aliphatic heterocycles. The molecule has 0 aromatic carbocycles. The highest BCUT2D eigenvalue weighted by atomic mass is 32.1. The molecule has 0 radical (unpaired) electrons. The highest BCUT2D eigenvalue weighted by molar-refractivity contribution is 7.09. The van der Waals surface area contributed by atoms with E-state index in [2.05, 4.69) is 15.4 Å². The Hall–Kier alpha value is -0.900. The highest BCUT2D eigenvalue weighted by Crippen LogP contribution is 2.04. The van der Waals surface area contributed by atoms with Gasteiger partial charge in [-0.25, -0.2) is 4.98 Å². The van der Waals surface area contributed by atoms with E-state index in [1.807, 2.05) is 13.8 Å². The van der Waals surface area contributed by atoms with E-state index < -0.39 is 0 Å². The van der Waals surface area contributed by atoms with E-state index in [1.165, 1.54) is 6.34 Å². The van der Waals surface area contributed by atoms with Crippen molar-refractivity contribution in [2.24, 2.45) is 10.7 Å². The first-order chi connectivity index (χ1) is 5.20. The second kappa shape index (κ2) is 5.85. The van der Waals surface area contributed by atoms with E-state index in [-0.39, 0.29) is 0 Å². The number of aryl methyl sites for hydroxylation is 2. The molecule has 4 heteroatoms. The predicted molar refractivity (Wildman–Crippen MR) is 50.2 cm³/mol. The summed E-state index contributed by atoms with van der Waals surface area (Å²) < 4.78 is 0. The summed E-state index contributed by atoms with van der Waals surface area (Å²) in [5, 5.41) is 3.20. The average molecular weight is 171 g/mol. The van der Waals surface area contributed by atoms with Gasteiger partial charge in [-0.3, -0.25) is 4.99 Å². The number of nitrogens with zero attached hydrogens (tertiary/aromatic N) is 2. The van der Waals surface area contributed by atoms with E-state index in [0.29, 0.717) is 0 Å². The Morgan fingerprint density at radius 3 is 2.27 bits per heavy atom. The van der Waals surface area contributed by atoms with Gasteiger partial charge in [-0.1, -0.05) is 0 Å². The van der Waals surface area contributed by atoms with Crippen LogP contribution in [0.2, 0.25) is 0 Å². The van der Waals surface area contributed by atoms with Crippen molar-refractivity contribution in [3.8, 4) is 0 Å². The van der Waals surface area contributed by atoms with E-state index in [9.17, 15) is 0 Å². The molecule has 11 heavy (non-hydrogen) atoms. The first-order valence-electron chi connectivity index (χ1n) is 3.21. The summed E-state index contributed by atoms with van der Waals surface area (Å²) in [6, 6.07) is 0. The van der Waals surface area contributed by atoms with Crippen LogP contribution < -0.4 is 5.73 Å². The third-order valence-electron chi connectivity index (χ3n) is 0.883. The van der Waals surface area contributed by atoms with Crippen molar-refractivity contribution in [1.29, 1.82) is 0 Å². The van der Waals surface area contributed by atoms with Crippen molar-refractivity contribution in [3.05, 3.63) is 16.1 Å². The summed E-state index contributed by atoms with van der Waals surface area (Å²) in [4.78, 5) is 7.52. The summed E-state index contributed by atoms with van der Waals surface area (Å²) >= 11 is 1.69. The Kier molecular flexibility index (Phi) is 5.37. The molecule has 0 bridgehead atoms. The summed E-state index contributed by atoms with van der Waals surface area (Å²) in [7, 11) is 1.62. The zero-order valence-corrected chi connectivity index (χ0v) is 7.85. The largest absolute Gasteiger partial charge is 0.390 e. The fraction of sp³-hybridized carbons (Fsp3) is 0.429. The Bertz CT molecular complexity index is 197. The van der Waals surface area contributed by atoms with Crippen molar-refractivity contribution < 1.29 is 0 Å². The summed E-state index contributed by atoms with van der Waals surface area (Å²) in [6.45, 7) is 4.02. The molecule has 1 aromatic heterocycles. The number of aliphatic imine (C=N–C) groups is 1. The van der Waals surface area contributed by atoms with Crippen LogP contribution in [0.5, 0.6) is 0 Å². The molecule has 0 spiro atoms. The Morgan fingerprint density at radius 2 is 2.18 bits per heavy atom. The van der Waals surface area contributed by atoms with Crippen LogP contribution in [0.3, 0.4) is 0 Å². The Balaban J connectivity index is 0.000000218. The van der Waals surface area contributed by atoms with Gasteiger partial charge in [0.15, 0.2) is 0 Å². The molecule has 2 N–H and O–H groups in total. The molecule has 62 valence electrons. The molecule has 0 fully saturated rings. The maximum atomic E-state index is 4.74. The van der Waals surface area contributed by atoms with Gasteiger partial charge in [0, 0.05) is 18.1 Å². The van der Waals surface area contributed by atoms with Gasteiger partial charge in [0.05, 0.1) is 11.3 Å². The lowest BCUT2D eigenvalue weighted by Gasteiger charge is -1.71. The number of nitrogens with two attached hydrogens (primary N) is 1. The van der Waals surface area contributed by atoms with Crippen LogP contribution in [0.15, 0.2) is 10.4 Å². The van der Waals surface area contributed by atoms with Gasteiger partial charge >= 0.3 is 0 Å². The summed E-state index contributed by atoms with van der Waals surface area (Å²) in [5.74, 6) is 0. The van der Waals surface area contributed by atoms with Gasteiger partial charge in [-0.2, -0.15) is 0 Å². The average Bonchev–Trinajstić information content (AvgIpc) is 2.35. The third kappa shape index (κ3) is 5.54. The molecule has 0 saturated heterocycles. The molecule has 1 heterocycles. The van der Waals surface area contributed by atoms with E-state index in [4.69, 9.17) is 5.73 Å². The lowest BCUT2D eigenvalue weighted by atomic mass is 10.6. The van der Waals surface area contributed by atoms with Gasteiger partial charge in [-0.05, 0) is 13.8 Å². The standard InChI is InChI=1S/C5H7NS.C2H6N2/c1-4-3-7-5(2)6-4;1-4-2-3/h3H,1-2H3;2H,1H3,(H2,3,4). The Labute approximate surface area is 71.0 Å². The number of thiazole rings is 1. The van der Waals surface area contributed by atoms with Crippen molar-refractivity contribution in [3.63, 3.8) is 0 Å².